The lowest BCUT2D eigenvalue weighted by Crippen LogP contribution is -2.21. The number of rotatable bonds is 4. The molecule has 1 atom stereocenters. The van der Waals surface area contributed by atoms with Crippen molar-refractivity contribution in [2.24, 2.45) is 5.73 Å². The van der Waals surface area contributed by atoms with Crippen molar-refractivity contribution in [1.29, 1.82) is 5.26 Å². The highest BCUT2D eigenvalue weighted by atomic mass is 79.9. The Morgan fingerprint density at radius 1 is 1.03 bits per heavy atom. The van der Waals surface area contributed by atoms with Gasteiger partial charge < -0.3 is 19.9 Å². The molecule has 2 N–H and O–H groups in total. The second kappa shape index (κ2) is 9.16. The highest BCUT2D eigenvalue weighted by Gasteiger charge is 2.33. The molecule has 35 heavy (non-hydrogen) atoms. The van der Waals surface area contributed by atoms with E-state index in [1.54, 1.807) is 31.4 Å². The number of halogens is 1. The minimum atomic E-state index is -0.515. The molecule has 5 rings (SSSR count). The van der Waals surface area contributed by atoms with E-state index in [1.807, 2.05) is 54.6 Å². The molecule has 0 saturated carbocycles. The predicted molar refractivity (Wildman–Crippen MR) is 135 cm³/mol. The van der Waals surface area contributed by atoms with Gasteiger partial charge >= 0.3 is 5.97 Å². The zero-order chi connectivity index (χ0) is 24.5. The lowest BCUT2D eigenvalue weighted by atomic mass is 9.83. The molecule has 0 bridgehead atoms. The van der Waals surface area contributed by atoms with Crippen LogP contribution in [0.25, 0.3) is 10.8 Å². The van der Waals surface area contributed by atoms with Crippen molar-refractivity contribution in [3.8, 4) is 23.3 Å². The zero-order valence-electron chi connectivity index (χ0n) is 18.6. The number of nitrogens with zero attached hydrogens (tertiary/aromatic N) is 1. The number of hydrogen-bond donors (Lipinski definition) is 1. The van der Waals surface area contributed by atoms with Crippen molar-refractivity contribution in [2.75, 3.05) is 7.11 Å². The topological polar surface area (TPSA) is 94.6 Å². The Labute approximate surface area is 210 Å². The summed E-state index contributed by atoms with van der Waals surface area (Å²) in [7, 11) is 1.57. The van der Waals surface area contributed by atoms with Crippen molar-refractivity contribution in [2.45, 2.75) is 5.92 Å². The minimum absolute atomic E-state index is 0.00967. The van der Waals surface area contributed by atoms with E-state index in [1.165, 1.54) is 0 Å². The van der Waals surface area contributed by atoms with E-state index in [0.29, 0.717) is 28.4 Å². The molecule has 1 unspecified atom stereocenters. The first-order chi connectivity index (χ1) is 17.0. The number of fused-ring (bicyclic) bond motifs is 2. The van der Waals surface area contributed by atoms with Gasteiger partial charge in [-0.2, -0.15) is 5.26 Å². The fraction of sp³-hybridized carbons (Fsp3) is 0.0714. The number of carbonyl (C=O) groups is 1. The van der Waals surface area contributed by atoms with Crippen LogP contribution in [-0.2, 0) is 0 Å². The van der Waals surface area contributed by atoms with Crippen molar-refractivity contribution in [3.05, 3.63) is 111 Å². The molecule has 0 aromatic heterocycles. The van der Waals surface area contributed by atoms with Crippen LogP contribution < -0.4 is 19.9 Å². The Bertz CT molecular complexity index is 1550. The van der Waals surface area contributed by atoms with Gasteiger partial charge in [-0.05, 0) is 41.1 Å². The van der Waals surface area contributed by atoms with E-state index in [2.05, 4.69) is 22.0 Å². The van der Waals surface area contributed by atoms with Crippen LogP contribution in [0.1, 0.15) is 27.4 Å². The smallest absolute Gasteiger partial charge is 0.344 e. The number of esters is 1. The summed E-state index contributed by atoms with van der Waals surface area (Å²) in [5.41, 5.74) is 8.34. The Kier molecular flexibility index (Phi) is 5.89. The third-order valence-electron chi connectivity index (χ3n) is 5.91. The molecule has 1 aliphatic heterocycles. The summed E-state index contributed by atoms with van der Waals surface area (Å²) in [6.07, 6.45) is 0. The summed E-state index contributed by atoms with van der Waals surface area (Å²) in [6.45, 7) is 0. The van der Waals surface area contributed by atoms with Crippen molar-refractivity contribution in [3.63, 3.8) is 0 Å². The third-order valence-corrected chi connectivity index (χ3v) is 6.41. The third kappa shape index (κ3) is 4.09. The maximum atomic E-state index is 13.0. The summed E-state index contributed by atoms with van der Waals surface area (Å²) in [6, 6.07) is 25.9. The second-order valence-corrected chi connectivity index (χ2v) is 8.84. The van der Waals surface area contributed by atoms with Gasteiger partial charge in [0.1, 0.15) is 28.9 Å². The maximum absolute atomic E-state index is 13.0. The fourth-order valence-corrected chi connectivity index (χ4v) is 4.69. The molecule has 0 fully saturated rings. The van der Waals surface area contributed by atoms with Crippen LogP contribution in [0.15, 0.2) is 94.8 Å². The summed E-state index contributed by atoms with van der Waals surface area (Å²) < 4.78 is 17.9. The van der Waals surface area contributed by atoms with Crippen molar-refractivity contribution >= 4 is 32.7 Å². The first-order valence-electron chi connectivity index (χ1n) is 10.7. The number of ether oxygens (including phenoxy) is 3. The lowest BCUT2D eigenvalue weighted by molar-refractivity contribution is 0.0736. The number of methoxy groups -OCH3 is 1. The molecular weight excluding hydrogens is 508 g/mol. The van der Waals surface area contributed by atoms with Crippen LogP contribution in [0.3, 0.4) is 0 Å². The minimum Gasteiger partial charge on any atom is -0.496 e. The van der Waals surface area contributed by atoms with Crippen molar-refractivity contribution in [1.82, 2.24) is 0 Å². The van der Waals surface area contributed by atoms with E-state index in [0.717, 1.165) is 20.8 Å². The zero-order valence-corrected chi connectivity index (χ0v) is 20.2. The SMILES string of the molecule is COc1ccc(Br)cc1C1C(C#N)=C(N)Oc2cc(OC(=O)c3cccc4ccccc34)ccc21. The summed E-state index contributed by atoms with van der Waals surface area (Å²) in [5, 5.41) is 11.6. The molecule has 1 aliphatic rings. The van der Waals surface area contributed by atoms with Crippen LogP contribution in [0.5, 0.6) is 17.2 Å². The van der Waals surface area contributed by atoms with Crippen molar-refractivity contribution < 1.29 is 19.0 Å². The number of allylic oxidation sites excluding steroid dienone is 1. The molecule has 172 valence electrons. The van der Waals surface area contributed by atoms with Crippen LogP contribution in [0.4, 0.5) is 0 Å². The Balaban J connectivity index is 1.54. The molecule has 0 amide bonds. The standard InChI is InChI=1S/C28H19BrN2O4/c1-33-24-12-9-17(29)13-22(24)26-21-11-10-18(14-25(21)35-27(31)23(26)15-30)34-28(32)20-8-4-6-16-5-2-3-7-19(16)20/h2-14,26H,31H2,1H3. The normalized spacial score (nSPS) is 14.6. The van der Waals surface area contributed by atoms with Crippen LogP contribution in [-0.4, -0.2) is 13.1 Å². The summed E-state index contributed by atoms with van der Waals surface area (Å²) >= 11 is 3.49. The Morgan fingerprint density at radius 3 is 2.63 bits per heavy atom. The van der Waals surface area contributed by atoms with Gasteiger partial charge in [-0.15, -0.1) is 0 Å². The molecular formula is C28H19BrN2O4. The summed E-state index contributed by atoms with van der Waals surface area (Å²) in [5.74, 6) is 0.303. The lowest BCUT2D eigenvalue weighted by Gasteiger charge is -2.27. The fourth-order valence-electron chi connectivity index (χ4n) is 4.32. The number of nitriles is 1. The van der Waals surface area contributed by atoms with Gasteiger partial charge in [0, 0.05) is 21.7 Å². The highest BCUT2D eigenvalue weighted by Crippen LogP contribution is 2.46. The van der Waals surface area contributed by atoms with Gasteiger partial charge in [0.2, 0.25) is 5.88 Å². The molecule has 4 aromatic rings. The van der Waals surface area contributed by atoms with E-state index in [4.69, 9.17) is 19.9 Å². The first-order valence-corrected chi connectivity index (χ1v) is 11.5. The molecule has 0 saturated heterocycles. The number of hydrogen-bond acceptors (Lipinski definition) is 6. The Hall–Kier alpha value is -4.28. The van der Waals surface area contributed by atoms with Gasteiger partial charge in [0.15, 0.2) is 0 Å². The van der Waals surface area contributed by atoms with E-state index >= 15 is 0 Å². The number of nitrogens with two attached hydrogens (primary N) is 1. The summed E-state index contributed by atoms with van der Waals surface area (Å²) in [4.78, 5) is 13.0. The molecule has 0 spiro atoms. The van der Waals surface area contributed by atoms with E-state index in [-0.39, 0.29) is 11.5 Å². The molecule has 0 radical (unpaired) electrons. The average molecular weight is 527 g/mol. The monoisotopic (exact) mass is 526 g/mol. The van der Waals surface area contributed by atoms with Gasteiger partial charge in [-0.1, -0.05) is 58.4 Å². The Morgan fingerprint density at radius 2 is 1.83 bits per heavy atom. The predicted octanol–water partition coefficient (Wildman–Crippen LogP) is 6.05. The highest BCUT2D eigenvalue weighted by molar-refractivity contribution is 9.10. The largest absolute Gasteiger partial charge is 0.496 e. The van der Waals surface area contributed by atoms with Gasteiger partial charge in [-0.3, -0.25) is 0 Å². The molecule has 0 aliphatic carbocycles. The molecule has 1 heterocycles. The molecule has 4 aromatic carbocycles. The van der Waals surface area contributed by atoms with E-state index < -0.39 is 11.9 Å². The van der Waals surface area contributed by atoms with E-state index in [9.17, 15) is 10.1 Å². The van der Waals surface area contributed by atoms with Crippen LogP contribution in [0.2, 0.25) is 0 Å². The quantitative estimate of drug-likeness (QED) is 0.257. The molecule has 7 heteroatoms. The van der Waals surface area contributed by atoms with Gasteiger partial charge in [0.05, 0.1) is 18.6 Å². The van der Waals surface area contributed by atoms with Gasteiger partial charge in [-0.25, -0.2) is 4.79 Å². The van der Waals surface area contributed by atoms with Crippen LogP contribution in [0, 0.1) is 11.3 Å². The second-order valence-electron chi connectivity index (χ2n) is 7.93. The number of carbonyl (C=O) groups excluding carboxylic acids is 1. The van der Waals surface area contributed by atoms with Crippen LogP contribution >= 0.6 is 15.9 Å². The molecule has 6 nitrogen and oxygen atoms in total. The maximum Gasteiger partial charge on any atom is 0.344 e. The van der Waals surface area contributed by atoms with Gasteiger partial charge in [0.25, 0.3) is 0 Å². The number of benzene rings is 4. The average Bonchev–Trinajstić information content (AvgIpc) is 2.87. The first kappa shape index (κ1) is 22.5.